The van der Waals surface area contributed by atoms with Crippen molar-refractivity contribution in [1.82, 2.24) is 0 Å². The lowest BCUT2D eigenvalue weighted by atomic mass is 9.93. The normalized spacial score (nSPS) is 13.0. The molecule has 0 amide bonds. The maximum Gasteiger partial charge on any atom is 0.124 e. The van der Waals surface area contributed by atoms with E-state index in [1.165, 1.54) is 0 Å². The first kappa shape index (κ1) is 18.3. The van der Waals surface area contributed by atoms with Crippen molar-refractivity contribution in [2.45, 2.75) is 32.9 Å². The minimum atomic E-state index is -0.154. The van der Waals surface area contributed by atoms with Gasteiger partial charge >= 0.3 is 0 Å². The zero-order valence-corrected chi connectivity index (χ0v) is 13.8. The van der Waals surface area contributed by atoms with Gasteiger partial charge in [0.15, 0.2) is 0 Å². The van der Waals surface area contributed by atoms with Gasteiger partial charge in [-0.15, -0.1) is 12.4 Å². The van der Waals surface area contributed by atoms with E-state index in [2.05, 4.69) is 13.8 Å². The molecule has 1 unspecified atom stereocenters. The monoisotopic (exact) mass is 321 g/mol. The van der Waals surface area contributed by atoms with Crippen LogP contribution >= 0.6 is 12.4 Å². The van der Waals surface area contributed by atoms with Crippen molar-refractivity contribution in [2.24, 2.45) is 11.7 Å². The van der Waals surface area contributed by atoms with Gasteiger partial charge in [-0.25, -0.2) is 0 Å². The van der Waals surface area contributed by atoms with Gasteiger partial charge in [0.05, 0.1) is 0 Å². The number of hydrogen-bond acceptors (Lipinski definition) is 3. The Kier molecular flexibility index (Phi) is 7.22. The summed E-state index contributed by atoms with van der Waals surface area (Å²) in [6.45, 7) is 4.67. The Labute approximate surface area is 138 Å². The van der Waals surface area contributed by atoms with E-state index in [4.69, 9.17) is 10.5 Å². The molecular formula is C18H24ClNO2. The van der Waals surface area contributed by atoms with Crippen molar-refractivity contribution in [3.63, 3.8) is 0 Å². The molecule has 120 valence electrons. The Bertz CT molecular complexity index is 575. The fourth-order valence-electron chi connectivity index (χ4n) is 2.20. The molecule has 0 spiro atoms. The fourth-order valence-corrected chi connectivity index (χ4v) is 2.20. The number of benzene rings is 2. The van der Waals surface area contributed by atoms with Crippen LogP contribution in [-0.4, -0.2) is 5.11 Å². The van der Waals surface area contributed by atoms with Gasteiger partial charge in [0.1, 0.15) is 18.1 Å². The molecule has 0 aromatic heterocycles. The van der Waals surface area contributed by atoms with Crippen LogP contribution in [0.1, 0.15) is 37.4 Å². The molecule has 3 N–H and O–H groups in total. The van der Waals surface area contributed by atoms with E-state index in [-0.39, 0.29) is 24.2 Å². The number of nitrogens with two attached hydrogens (primary N) is 1. The molecule has 0 saturated heterocycles. The Morgan fingerprint density at radius 1 is 1.14 bits per heavy atom. The minimum Gasteiger partial charge on any atom is -0.507 e. The molecule has 0 heterocycles. The fraction of sp³-hybridized carbons (Fsp3) is 0.333. The average Bonchev–Trinajstić information content (AvgIpc) is 2.52. The summed E-state index contributed by atoms with van der Waals surface area (Å²) in [4.78, 5) is 0. The van der Waals surface area contributed by atoms with E-state index in [1.54, 1.807) is 6.07 Å². The zero-order valence-electron chi connectivity index (χ0n) is 13.0. The Balaban J connectivity index is 0.00000242. The van der Waals surface area contributed by atoms with Crippen LogP contribution < -0.4 is 10.5 Å². The number of phenolic OH excluding ortho intramolecular Hbond substituents is 1. The van der Waals surface area contributed by atoms with Crippen LogP contribution in [0.3, 0.4) is 0 Å². The van der Waals surface area contributed by atoms with Crippen molar-refractivity contribution in [2.75, 3.05) is 0 Å². The Hall–Kier alpha value is -1.71. The van der Waals surface area contributed by atoms with Gasteiger partial charge in [-0.3, -0.25) is 0 Å². The molecule has 2 aromatic carbocycles. The standard InChI is InChI=1S/C18H23NO2.ClH/c1-3-13(2)18(19)16-10-9-15(11-17(16)20)21-12-14-7-5-4-6-8-14;/h4-11,13,18,20H,3,12,19H2,1-2H3;1H/t13?,18-;/m1./s1. The van der Waals surface area contributed by atoms with Gasteiger partial charge < -0.3 is 15.6 Å². The van der Waals surface area contributed by atoms with E-state index < -0.39 is 0 Å². The third-order valence-electron chi connectivity index (χ3n) is 3.87. The molecule has 2 aromatic rings. The van der Waals surface area contributed by atoms with Gasteiger partial charge in [0.25, 0.3) is 0 Å². The summed E-state index contributed by atoms with van der Waals surface area (Å²) in [6, 6.07) is 15.1. The molecule has 3 nitrogen and oxygen atoms in total. The summed E-state index contributed by atoms with van der Waals surface area (Å²) in [6.07, 6.45) is 0.979. The molecule has 4 heteroatoms. The predicted octanol–water partition coefficient (Wildman–Crippen LogP) is 4.44. The summed E-state index contributed by atoms with van der Waals surface area (Å²) < 4.78 is 5.69. The minimum absolute atomic E-state index is 0. The molecule has 0 aliphatic heterocycles. The maximum atomic E-state index is 10.1. The first-order chi connectivity index (χ1) is 10.1. The Morgan fingerprint density at radius 3 is 2.41 bits per heavy atom. The summed E-state index contributed by atoms with van der Waals surface area (Å²) in [7, 11) is 0. The summed E-state index contributed by atoms with van der Waals surface area (Å²) in [5, 5.41) is 10.1. The van der Waals surface area contributed by atoms with Crippen LogP contribution in [0.15, 0.2) is 48.5 Å². The summed E-state index contributed by atoms with van der Waals surface area (Å²) >= 11 is 0. The van der Waals surface area contributed by atoms with Crippen LogP contribution in [0, 0.1) is 5.92 Å². The van der Waals surface area contributed by atoms with Gasteiger partial charge in [0, 0.05) is 17.7 Å². The highest BCUT2D eigenvalue weighted by Gasteiger charge is 2.17. The highest BCUT2D eigenvalue weighted by Crippen LogP contribution is 2.32. The maximum absolute atomic E-state index is 10.1. The molecule has 22 heavy (non-hydrogen) atoms. The number of rotatable bonds is 6. The van der Waals surface area contributed by atoms with Crippen molar-refractivity contribution in [3.05, 3.63) is 59.7 Å². The number of phenols is 1. The molecule has 2 rings (SSSR count). The van der Waals surface area contributed by atoms with Crippen LogP contribution in [0.2, 0.25) is 0 Å². The second-order valence-corrected chi connectivity index (χ2v) is 5.41. The summed E-state index contributed by atoms with van der Waals surface area (Å²) in [5.74, 6) is 1.18. The first-order valence-electron chi connectivity index (χ1n) is 7.37. The molecule has 0 radical (unpaired) electrons. The van der Waals surface area contributed by atoms with Gasteiger partial charge in [0.2, 0.25) is 0 Å². The van der Waals surface area contributed by atoms with E-state index in [9.17, 15) is 5.11 Å². The molecule has 0 bridgehead atoms. The molecule has 0 saturated carbocycles. The topological polar surface area (TPSA) is 55.5 Å². The van der Waals surface area contributed by atoms with Gasteiger partial charge in [-0.05, 0) is 17.5 Å². The first-order valence-corrected chi connectivity index (χ1v) is 7.37. The van der Waals surface area contributed by atoms with Crippen molar-refractivity contribution < 1.29 is 9.84 Å². The van der Waals surface area contributed by atoms with E-state index in [1.807, 2.05) is 42.5 Å². The third kappa shape index (κ3) is 4.65. The summed E-state index contributed by atoms with van der Waals surface area (Å²) in [5.41, 5.74) is 8.03. The van der Waals surface area contributed by atoms with Crippen LogP contribution in [-0.2, 0) is 6.61 Å². The lowest BCUT2D eigenvalue weighted by molar-refractivity contribution is 0.303. The quantitative estimate of drug-likeness (QED) is 0.827. The highest BCUT2D eigenvalue weighted by atomic mass is 35.5. The second-order valence-electron chi connectivity index (χ2n) is 5.41. The van der Waals surface area contributed by atoms with Crippen LogP contribution in [0.4, 0.5) is 0 Å². The number of hydrogen-bond donors (Lipinski definition) is 2. The lowest BCUT2D eigenvalue weighted by Gasteiger charge is -2.20. The van der Waals surface area contributed by atoms with Gasteiger partial charge in [-0.1, -0.05) is 56.7 Å². The molecule has 0 fully saturated rings. The molecule has 2 atom stereocenters. The smallest absolute Gasteiger partial charge is 0.124 e. The largest absolute Gasteiger partial charge is 0.507 e. The molecular weight excluding hydrogens is 298 g/mol. The van der Waals surface area contributed by atoms with Crippen molar-refractivity contribution in [3.8, 4) is 11.5 Å². The number of halogens is 1. The lowest BCUT2D eigenvalue weighted by Crippen LogP contribution is -2.18. The van der Waals surface area contributed by atoms with Gasteiger partial charge in [-0.2, -0.15) is 0 Å². The molecule has 0 aliphatic carbocycles. The number of aromatic hydroxyl groups is 1. The number of ether oxygens (including phenoxy) is 1. The van der Waals surface area contributed by atoms with Crippen molar-refractivity contribution >= 4 is 12.4 Å². The van der Waals surface area contributed by atoms with E-state index >= 15 is 0 Å². The third-order valence-corrected chi connectivity index (χ3v) is 3.87. The predicted molar refractivity (Wildman–Crippen MR) is 92.5 cm³/mol. The SMILES string of the molecule is CCC(C)[C@@H](N)c1ccc(OCc2ccccc2)cc1O.Cl. The highest BCUT2D eigenvalue weighted by molar-refractivity contribution is 5.85. The van der Waals surface area contributed by atoms with Crippen LogP contribution in [0.5, 0.6) is 11.5 Å². The average molecular weight is 322 g/mol. The van der Waals surface area contributed by atoms with Crippen LogP contribution in [0.25, 0.3) is 0 Å². The Morgan fingerprint density at radius 2 is 1.82 bits per heavy atom. The zero-order chi connectivity index (χ0) is 15.2. The van der Waals surface area contributed by atoms with E-state index in [0.717, 1.165) is 17.5 Å². The van der Waals surface area contributed by atoms with E-state index in [0.29, 0.717) is 18.3 Å². The second kappa shape index (κ2) is 8.66. The van der Waals surface area contributed by atoms with Crippen molar-refractivity contribution in [1.29, 1.82) is 0 Å². The molecule has 0 aliphatic rings.